The Balaban J connectivity index is 2.52. The quantitative estimate of drug-likeness (QED) is 0.618. The first-order valence-electron chi connectivity index (χ1n) is 5.06. The summed E-state index contributed by atoms with van der Waals surface area (Å²) >= 11 is 0. The second kappa shape index (κ2) is 6.61. The van der Waals surface area contributed by atoms with Gasteiger partial charge < -0.3 is 5.32 Å². The van der Waals surface area contributed by atoms with Crippen molar-refractivity contribution in [2.24, 2.45) is 0 Å². The molecule has 0 bridgehead atoms. The molecule has 0 atom stereocenters. The summed E-state index contributed by atoms with van der Waals surface area (Å²) in [6, 6.07) is 6.35. The molecule has 0 saturated carbocycles. The van der Waals surface area contributed by atoms with Crippen molar-refractivity contribution < 1.29 is 4.39 Å². The van der Waals surface area contributed by atoms with Gasteiger partial charge in [0.1, 0.15) is 5.82 Å². The topological polar surface area (TPSA) is 35.8 Å². The highest BCUT2D eigenvalue weighted by molar-refractivity contribution is 5.33. The van der Waals surface area contributed by atoms with Crippen LogP contribution < -0.4 is 5.32 Å². The Labute approximate surface area is 95.1 Å². The average molecular weight is 216 g/mol. The van der Waals surface area contributed by atoms with Gasteiger partial charge in [0, 0.05) is 25.1 Å². The average Bonchev–Trinajstić information content (AvgIpc) is 2.31. The molecule has 0 aliphatic carbocycles. The van der Waals surface area contributed by atoms with Gasteiger partial charge in [-0.1, -0.05) is 0 Å². The molecule has 16 heavy (non-hydrogen) atoms. The first kappa shape index (κ1) is 12.2. The Morgan fingerprint density at radius 2 is 2.25 bits per heavy atom. The van der Waals surface area contributed by atoms with Crippen molar-refractivity contribution in [1.29, 1.82) is 5.26 Å². The van der Waals surface area contributed by atoms with Crippen molar-refractivity contribution in [3.8, 4) is 17.9 Å². The van der Waals surface area contributed by atoms with E-state index < -0.39 is 0 Å². The number of halogens is 1. The van der Waals surface area contributed by atoms with Crippen molar-refractivity contribution >= 4 is 0 Å². The zero-order valence-corrected chi connectivity index (χ0v) is 9.18. The summed E-state index contributed by atoms with van der Waals surface area (Å²) in [6.07, 6.45) is 0.746. The number of nitrogens with one attached hydrogen (secondary N) is 1. The van der Waals surface area contributed by atoms with Gasteiger partial charge in [-0.05, 0) is 25.1 Å². The Morgan fingerprint density at radius 3 is 2.94 bits per heavy atom. The zero-order valence-electron chi connectivity index (χ0n) is 9.18. The predicted molar refractivity (Wildman–Crippen MR) is 60.9 cm³/mol. The second-order valence-electron chi connectivity index (χ2n) is 3.27. The predicted octanol–water partition coefficient (Wildman–Crippen LogP) is 2.20. The fourth-order valence-electron chi connectivity index (χ4n) is 1.28. The van der Waals surface area contributed by atoms with Crippen LogP contribution in [-0.4, -0.2) is 6.54 Å². The van der Waals surface area contributed by atoms with Gasteiger partial charge in [-0.3, -0.25) is 0 Å². The fourth-order valence-corrected chi connectivity index (χ4v) is 1.28. The maximum Gasteiger partial charge on any atom is 0.127 e. The molecule has 82 valence electrons. The number of nitrogens with zero attached hydrogens (tertiary/aromatic N) is 1. The van der Waals surface area contributed by atoms with E-state index in [0.29, 0.717) is 17.7 Å². The molecule has 1 aromatic carbocycles. The van der Waals surface area contributed by atoms with Gasteiger partial charge in [0.05, 0.1) is 11.6 Å². The van der Waals surface area contributed by atoms with Crippen molar-refractivity contribution in [1.82, 2.24) is 5.32 Å². The van der Waals surface area contributed by atoms with Crippen molar-refractivity contribution in [3.05, 3.63) is 35.1 Å². The standard InChI is InChI=1S/C13H13FN2/c1-2-3-4-7-16-10-12-8-11(9-15)5-6-13(12)14/h5-6,8,16H,4,7,10H2,1H3. The van der Waals surface area contributed by atoms with E-state index in [2.05, 4.69) is 17.2 Å². The summed E-state index contributed by atoms with van der Waals surface area (Å²) in [6.45, 7) is 2.93. The Bertz CT molecular complexity index is 449. The number of hydrogen-bond donors (Lipinski definition) is 1. The van der Waals surface area contributed by atoms with Gasteiger partial charge in [-0.15, -0.1) is 11.8 Å². The summed E-state index contributed by atoms with van der Waals surface area (Å²) in [5, 5.41) is 11.8. The van der Waals surface area contributed by atoms with Crippen LogP contribution in [0.5, 0.6) is 0 Å². The smallest absolute Gasteiger partial charge is 0.127 e. The largest absolute Gasteiger partial charge is 0.312 e. The Hall–Kier alpha value is -1.84. The van der Waals surface area contributed by atoms with E-state index in [0.717, 1.165) is 13.0 Å². The van der Waals surface area contributed by atoms with Crippen LogP contribution in [0.4, 0.5) is 4.39 Å². The Morgan fingerprint density at radius 1 is 1.44 bits per heavy atom. The summed E-state index contributed by atoms with van der Waals surface area (Å²) < 4.78 is 13.3. The van der Waals surface area contributed by atoms with Crippen LogP contribution in [0.15, 0.2) is 18.2 Å². The first-order valence-corrected chi connectivity index (χ1v) is 5.06. The molecule has 0 radical (unpaired) electrons. The number of nitriles is 1. The highest BCUT2D eigenvalue weighted by atomic mass is 19.1. The van der Waals surface area contributed by atoms with E-state index >= 15 is 0 Å². The molecule has 1 N–H and O–H groups in total. The van der Waals surface area contributed by atoms with Crippen molar-refractivity contribution in [2.75, 3.05) is 6.54 Å². The minimum absolute atomic E-state index is 0.284. The maximum atomic E-state index is 13.3. The summed E-state index contributed by atoms with van der Waals surface area (Å²) in [7, 11) is 0. The van der Waals surface area contributed by atoms with Crippen LogP contribution in [0, 0.1) is 29.0 Å². The van der Waals surface area contributed by atoms with Crippen LogP contribution in [-0.2, 0) is 6.54 Å². The fraction of sp³-hybridized carbons (Fsp3) is 0.308. The van der Waals surface area contributed by atoms with Gasteiger partial charge in [0.2, 0.25) is 0 Å². The summed E-state index contributed by atoms with van der Waals surface area (Å²) in [5.74, 6) is 5.42. The molecule has 0 saturated heterocycles. The third-order valence-electron chi connectivity index (χ3n) is 2.09. The third kappa shape index (κ3) is 3.73. The first-order chi connectivity index (χ1) is 7.77. The molecular formula is C13H13FN2. The molecule has 3 heteroatoms. The lowest BCUT2D eigenvalue weighted by Crippen LogP contribution is -2.15. The molecule has 0 aliphatic heterocycles. The van der Waals surface area contributed by atoms with Crippen LogP contribution in [0.1, 0.15) is 24.5 Å². The van der Waals surface area contributed by atoms with Crippen LogP contribution in [0.3, 0.4) is 0 Å². The van der Waals surface area contributed by atoms with E-state index in [1.54, 1.807) is 13.0 Å². The zero-order chi connectivity index (χ0) is 11.8. The van der Waals surface area contributed by atoms with Crippen molar-refractivity contribution in [3.63, 3.8) is 0 Å². The molecule has 0 unspecified atom stereocenters. The van der Waals surface area contributed by atoms with E-state index in [9.17, 15) is 4.39 Å². The number of benzene rings is 1. The number of rotatable bonds is 4. The van der Waals surface area contributed by atoms with E-state index in [-0.39, 0.29) is 5.82 Å². The molecule has 0 heterocycles. The highest BCUT2D eigenvalue weighted by Crippen LogP contribution is 2.09. The third-order valence-corrected chi connectivity index (χ3v) is 2.09. The SMILES string of the molecule is CC#CCCNCc1cc(C#N)ccc1F. The maximum absolute atomic E-state index is 13.3. The molecule has 0 spiro atoms. The molecule has 0 fully saturated rings. The molecule has 2 nitrogen and oxygen atoms in total. The van der Waals surface area contributed by atoms with Gasteiger partial charge in [0.25, 0.3) is 0 Å². The van der Waals surface area contributed by atoms with Crippen LogP contribution >= 0.6 is 0 Å². The second-order valence-corrected chi connectivity index (χ2v) is 3.27. The summed E-state index contributed by atoms with van der Waals surface area (Å²) in [4.78, 5) is 0. The lowest BCUT2D eigenvalue weighted by atomic mass is 10.1. The van der Waals surface area contributed by atoms with E-state index in [1.165, 1.54) is 12.1 Å². The van der Waals surface area contributed by atoms with Crippen LogP contribution in [0.25, 0.3) is 0 Å². The molecule has 1 aromatic rings. The number of hydrogen-bond acceptors (Lipinski definition) is 2. The lowest BCUT2D eigenvalue weighted by Gasteiger charge is -2.04. The monoisotopic (exact) mass is 216 g/mol. The van der Waals surface area contributed by atoms with Crippen molar-refractivity contribution in [2.45, 2.75) is 19.9 Å². The molecular weight excluding hydrogens is 203 g/mol. The minimum atomic E-state index is -0.284. The van der Waals surface area contributed by atoms with Crippen LogP contribution in [0.2, 0.25) is 0 Å². The Kier molecular flexibility index (Phi) is 5.05. The normalized spacial score (nSPS) is 9.06. The molecule has 0 amide bonds. The van der Waals surface area contributed by atoms with Gasteiger partial charge in [-0.2, -0.15) is 5.26 Å². The highest BCUT2D eigenvalue weighted by Gasteiger charge is 2.02. The lowest BCUT2D eigenvalue weighted by molar-refractivity contribution is 0.590. The summed E-state index contributed by atoms with van der Waals surface area (Å²) in [5.41, 5.74) is 0.995. The van der Waals surface area contributed by atoms with Gasteiger partial charge in [-0.25, -0.2) is 4.39 Å². The molecule has 0 aliphatic rings. The molecule has 0 aromatic heterocycles. The van der Waals surface area contributed by atoms with E-state index in [1.807, 2.05) is 6.07 Å². The van der Waals surface area contributed by atoms with Gasteiger partial charge in [0.15, 0.2) is 0 Å². The minimum Gasteiger partial charge on any atom is -0.312 e. The van der Waals surface area contributed by atoms with E-state index in [4.69, 9.17) is 5.26 Å². The molecule has 1 rings (SSSR count). The van der Waals surface area contributed by atoms with Gasteiger partial charge >= 0.3 is 0 Å².